The first-order valence-electron chi connectivity index (χ1n) is 3.86. The fourth-order valence-electron chi connectivity index (χ4n) is 1.14. The highest BCUT2D eigenvalue weighted by molar-refractivity contribution is 5.75. The molecule has 2 aromatic rings. The standard InChI is InChI=1S/C8H9N3O/c1-5(2)7-6-3-4-9-10-8(6)12-11-7/h3-5H,1-2H3. The Balaban J connectivity index is 2.70. The summed E-state index contributed by atoms with van der Waals surface area (Å²) in [5, 5.41) is 12.4. The van der Waals surface area contributed by atoms with E-state index in [2.05, 4.69) is 29.2 Å². The monoisotopic (exact) mass is 163 g/mol. The molecule has 0 aliphatic carbocycles. The van der Waals surface area contributed by atoms with Gasteiger partial charge in [-0.1, -0.05) is 19.0 Å². The summed E-state index contributed by atoms with van der Waals surface area (Å²) in [6.45, 7) is 4.13. The molecule has 4 heteroatoms. The molecule has 0 radical (unpaired) electrons. The van der Waals surface area contributed by atoms with Crippen LogP contribution in [0.4, 0.5) is 0 Å². The van der Waals surface area contributed by atoms with Gasteiger partial charge in [-0.15, -0.1) is 5.10 Å². The van der Waals surface area contributed by atoms with Gasteiger partial charge in [0.2, 0.25) is 0 Å². The highest BCUT2D eigenvalue weighted by atomic mass is 16.5. The number of hydrogen-bond acceptors (Lipinski definition) is 4. The molecule has 2 rings (SSSR count). The van der Waals surface area contributed by atoms with Crippen molar-refractivity contribution in [3.8, 4) is 0 Å². The predicted octanol–water partition coefficient (Wildman–Crippen LogP) is 1.74. The summed E-state index contributed by atoms with van der Waals surface area (Å²) >= 11 is 0. The Morgan fingerprint density at radius 2 is 2.25 bits per heavy atom. The van der Waals surface area contributed by atoms with Crippen LogP contribution in [0, 0.1) is 0 Å². The fraction of sp³-hybridized carbons (Fsp3) is 0.375. The van der Waals surface area contributed by atoms with Crippen molar-refractivity contribution in [1.29, 1.82) is 0 Å². The van der Waals surface area contributed by atoms with Crippen LogP contribution in [0.1, 0.15) is 25.5 Å². The summed E-state index contributed by atoms with van der Waals surface area (Å²) < 4.78 is 4.99. The molecule has 2 heterocycles. The van der Waals surface area contributed by atoms with Crippen LogP contribution in [-0.2, 0) is 0 Å². The van der Waals surface area contributed by atoms with E-state index in [4.69, 9.17) is 4.52 Å². The van der Waals surface area contributed by atoms with Gasteiger partial charge in [-0.05, 0) is 12.0 Å². The molecule has 0 N–H and O–H groups in total. The van der Waals surface area contributed by atoms with Crippen LogP contribution in [0.5, 0.6) is 0 Å². The molecule has 0 spiro atoms. The molecule has 2 aromatic heterocycles. The van der Waals surface area contributed by atoms with Gasteiger partial charge in [0, 0.05) is 0 Å². The van der Waals surface area contributed by atoms with E-state index in [0.717, 1.165) is 11.1 Å². The second kappa shape index (κ2) is 2.55. The summed E-state index contributed by atoms with van der Waals surface area (Å²) in [6, 6.07) is 1.87. The molecule has 0 amide bonds. The summed E-state index contributed by atoms with van der Waals surface area (Å²) in [4.78, 5) is 0. The normalized spacial score (nSPS) is 11.2. The zero-order chi connectivity index (χ0) is 8.55. The van der Waals surface area contributed by atoms with Gasteiger partial charge in [0.25, 0.3) is 5.71 Å². The van der Waals surface area contributed by atoms with Crippen LogP contribution in [0.25, 0.3) is 11.1 Å². The van der Waals surface area contributed by atoms with E-state index in [1.165, 1.54) is 0 Å². The van der Waals surface area contributed by atoms with Crippen molar-refractivity contribution in [1.82, 2.24) is 15.4 Å². The van der Waals surface area contributed by atoms with Gasteiger partial charge in [0.1, 0.15) is 0 Å². The van der Waals surface area contributed by atoms with E-state index in [1.807, 2.05) is 6.07 Å². The largest absolute Gasteiger partial charge is 0.334 e. The lowest BCUT2D eigenvalue weighted by atomic mass is 10.1. The lowest BCUT2D eigenvalue weighted by Gasteiger charge is -1.96. The van der Waals surface area contributed by atoms with E-state index in [1.54, 1.807) is 6.20 Å². The molecule has 0 aromatic carbocycles. The Morgan fingerprint density at radius 1 is 1.42 bits per heavy atom. The maximum atomic E-state index is 4.99. The number of fused-ring (bicyclic) bond motifs is 1. The smallest absolute Gasteiger partial charge is 0.276 e. The van der Waals surface area contributed by atoms with Crippen LogP contribution < -0.4 is 0 Å². The van der Waals surface area contributed by atoms with Crippen molar-refractivity contribution in [3.63, 3.8) is 0 Å². The zero-order valence-electron chi connectivity index (χ0n) is 6.98. The predicted molar refractivity (Wildman–Crippen MR) is 43.7 cm³/mol. The number of rotatable bonds is 1. The van der Waals surface area contributed by atoms with Gasteiger partial charge in [-0.2, -0.15) is 5.10 Å². The maximum absolute atomic E-state index is 4.99. The Labute approximate surface area is 69.6 Å². The van der Waals surface area contributed by atoms with Crippen molar-refractivity contribution in [3.05, 3.63) is 18.0 Å². The maximum Gasteiger partial charge on any atom is 0.276 e. The number of hydrogen-bond donors (Lipinski definition) is 0. The Hall–Kier alpha value is -1.45. The minimum atomic E-state index is 0.357. The molecule has 0 aliphatic heterocycles. The van der Waals surface area contributed by atoms with Gasteiger partial charge in [0.15, 0.2) is 0 Å². The molecule has 12 heavy (non-hydrogen) atoms. The molecule has 62 valence electrons. The quantitative estimate of drug-likeness (QED) is 0.642. The third-order valence-corrected chi connectivity index (χ3v) is 1.74. The minimum absolute atomic E-state index is 0.357. The molecular formula is C8H9N3O. The van der Waals surface area contributed by atoms with Gasteiger partial charge >= 0.3 is 0 Å². The first kappa shape index (κ1) is 7.21. The molecule has 0 unspecified atom stereocenters. The van der Waals surface area contributed by atoms with Crippen LogP contribution in [-0.4, -0.2) is 15.4 Å². The second-order valence-electron chi connectivity index (χ2n) is 2.97. The van der Waals surface area contributed by atoms with E-state index in [9.17, 15) is 0 Å². The van der Waals surface area contributed by atoms with E-state index >= 15 is 0 Å². The SMILES string of the molecule is CC(C)c1noc2nnccc12. The first-order valence-corrected chi connectivity index (χ1v) is 3.86. The molecule has 0 bridgehead atoms. The average Bonchev–Trinajstić information content (AvgIpc) is 2.47. The summed E-state index contributed by atoms with van der Waals surface area (Å²) in [5.74, 6) is 0.357. The van der Waals surface area contributed by atoms with Gasteiger partial charge in [-0.25, -0.2) is 0 Å². The average molecular weight is 163 g/mol. The van der Waals surface area contributed by atoms with E-state index < -0.39 is 0 Å². The van der Waals surface area contributed by atoms with E-state index in [0.29, 0.717) is 11.6 Å². The van der Waals surface area contributed by atoms with Crippen LogP contribution in [0.3, 0.4) is 0 Å². The van der Waals surface area contributed by atoms with E-state index in [-0.39, 0.29) is 0 Å². The van der Waals surface area contributed by atoms with Crippen molar-refractivity contribution in [2.45, 2.75) is 19.8 Å². The fourth-order valence-corrected chi connectivity index (χ4v) is 1.14. The lowest BCUT2D eigenvalue weighted by Crippen LogP contribution is -1.87. The molecule has 0 saturated carbocycles. The number of aromatic nitrogens is 3. The van der Waals surface area contributed by atoms with Crippen molar-refractivity contribution in [2.24, 2.45) is 0 Å². The van der Waals surface area contributed by atoms with Gasteiger partial charge in [-0.3, -0.25) is 0 Å². The molecule has 4 nitrogen and oxygen atoms in total. The Morgan fingerprint density at radius 3 is 3.00 bits per heavy atom. The summed E-state index contributed by atoms with van der Waals surface area (Å²) in [7, 11) is 0. The number of nitrogens with zero attached hydrogens (tertiary/aromatic N) is 3. The van der Waals surface area contributed by atoms with Crippen molar-refractivity contribution < 1.29 is 4.52 Å². The summed E-state index contributed by atoms with van der Waals surface area (Å²) in [6.07, 6.45) is 1.64. The Bertz CT molecular complexity index is 394. The first-order chi connectivity index (χ1) is 5.79. The molecular weight excluding hydrogens is 154 g/mol. The molecule has 0 aliphatic rings. The minimum Gasteiger partial charge on any atom is -0.334 e. The van der Waals surface area contributed by atoms with Crippen molar-refractivity contribution in [2.75, 3.05) is 0 Å². The molecule has 0 fully saturated rings. The van der Waals surface area contributed by atoms with Gasteiger partial charge in [0.05, 0.1) is 17.3 Å². The highest BCUT2D eigenvalue weighted by Gasteiger charge is 2.11. The summed E-state index contributed by atoms with van der Waals surface area (Å²) in [5.41, 5.74) is 1.46. The lowest BCUT2D eigenvalue weighted by molar-refractivity contribution is 0.432. The molecule has 0 saturated heterocycles. The Kier molecular flexibility index (Phi) is 1.53. The van der Waals surface area contributed by atoms with Crippen LogP contribution in [0.2, 0.25) is 0 Å². The van der Waals surface area contributed by atoms with Crippen molar-refractivity contribution >= 4 is 11.1 Å². The van der Waals surface area contributed by atoms with Gasteiger partial charge < -0.3 is 4.52 Å². The zero-order valence-corrected chi connectivity index (χ0v) is 6.98. The second-order valence-corrected chi connectivity index (χ2v) is 2.97. The molecule has 0 atom stereocenters. The third kappa shape index (κ3) is 0.958. The third-order valence-electron chi connectivity index (χ3n) is 1.74. The highest BCUT2D eigenvalue weighted by Crippen LogP contribution is 2.21. The van der Waals surface area contributed by atoms with Crippen LogP contribution in [0.15, 0.2) is 16.8 Å². The topological polar surface area (TPSA) is 51.8 Å². The van der Waals surface area contributed by atoms with Crippen LogP contribution >= 0.6 is 0 Å².